The van der Waals surface area contributed by atoms with Crippen molar-refractivity contribution in [2.24, 2.45) is 5.41 Å². The summed E-state index contributed by atoms with van der Waals surface area (Å²) in [5.74, 6) is 0.0427. The number of aryl methyl sites for hydroxylation is 1. The quantitative estimate of drug-likeness (QED) is 0.821. The molecule has 1 N–H and O–H groups in total. The van der Waals surface area contributed by atoms with Gasteiger partial charge < -0.3 is 9.84 Å². The first kappa shape index (κ1) is 10.0. The van der Waals surface area contributed by atoms with Gasteiger partial charge in [-0.05, 0) is 31.4 Å². The van der Waals surface area contributed by atoms with Crippen molar-refractivity contribution in [2.45, 2.75) is 19.8 Å². The van der Waals surface area contributed by atoms with E-state index in [1.165, 1.54) is 0 Å². The van der Waals surface area contributed by atoms with Gasteiger partial charge in [-0.2, -0.15) is 0 Å². The predicted octanol–water partition coefficient (Wildman–Crippen LogP) is 2.24. The van der Waals surface area contributed by atoms with E-state index in [-0.39, 0.29) is 6.61 Å². The molecule has 1 saturated carbocycles. The van der Waals surface area contributed by atoms with Crippen LogP contribution in [0, 0.1) is 12.3 Å². The zero-order valence-corrected chi connectivity index (χ0v) is 8.69. The fourth-order valence-electron chi connectivity index (χ4n) is 1.51. The van der Waals surface area contributed by atoms with Crippen LogP contribution in [-0.4, -0.2) is 17.7 Å². The van der Waals surface area contributed by atoms with Gasteiger partial charge in [0.2, 0.25) is 0 Å². The summed E-state index contributed by atoms with van der Waals surface area (Å²) in [6.07, 6.45) is 1.46. The van der Waals surface area contributed by atoms with Crippen molar-refractivity contribution in [3.8, 4) is 5.75 Å². The summed E-state index contributed by atoms with van der Waals surface area (Å²) in [7, 11) is 0. The highest BCUT2D eigenvalue weighted by molar-refractivity contribution is 5.77. The number of hydrogen-bond donors (Lipinski definition) is 1. The molecule has 3 nitrogen and oxygen atoms in total. The van der Waals surface area contributed by atoms with Gasteiger partial charge in [0.15, 0.2) is 0 Å². The van der Waals surface area contributed by atoms with Gasteiger partial charge in [0, 0.05) is 0 Å². The number of hydrogen-bond acceptors (Lipinski definition) is 2. The van der Waals surface area contributed by atoms with Crippen molar-refractivity contribution in [3.63, 3.8) is 0 Å². The summed E-state index contributed by atoms with van der Waals surface area (Å²) in [4.78, 5) is 10.9. The Balaban J connectivity index is 2.00. The van der Waals surface area contributed by atoms with Crippen molar-refractivity contribution >= 4 is 5.97 Å². The third-order valence-corrected chi connectivity index (χ3v) is 2.90. The van der Waals surface area contributed by atoms with Crippen LogP contribution < -0.4 is 4.74 Å². The first-order chi connectivity index (χ1) is 7.14. The normalized spacial score (nSPS) is 17.1. The first-order valence-corrected chi connectivity index (χ1v) is 5.06. The van der Waals surface area contributed by atoms with Crippen LogP contribution in [0.25, 0.3) is 0 Å². The van der Waals surface area contributed by atoms with Crippen molar-refractivity contribution < 1.29 is 14.6 Å². The number of rotatable bonds is 4. The maximum absolute atomic E-state index is 10.9. The van der Waals surface area contributed by atoms with Gasteiger partial charge in [0.25, 0.3) is 0 Å². The van der Waals surface area contributed by atoms with Gasteiger partial charge in [-0.3, -0.25) is 4.79 Å². The van der Waals surface area contributed by atoms with Crippen LogP contribution in [0.2, 0.25) is 0 Å². The zero-order valence-electron chi connectivity index (χ0n) is 8.69. The molecule has 1 aromatic rings. The molecule has 0 radical (unpaired) electrons. The van der Waals surface area contributed by atoms with Gasteiger partial charge in [0.05, 0.1) is 0 Å². The number of ether oxygens (including phenoxy) is 1. The van der Waals surface area contributed by atoms with Gasteiger partial charge >= 0.3 is 5.97 Å². The number of carboxylic acid groups (broad SMARTS) is 1. The molecule has 1 fully saturated rings. The first-order valence-electron chi connectivity index (χ1n) is 5.06. The molecule has 0 atom stereocenters. The Kier molecular flexibility index (Phi) is 2.39. The second-order valence-electron chi connectivity index (χ2n) is 4.14. The average Bonchev–Trinajstić information content (AvgIpc) is 2.98. The predicted molar refractivity (Wildman–Crippen MR) is 56.0 cm³/mol. The second kappa shape index (κ2) is 3.57. The fourth-order valence-corrected chi connectivity index (χ4v) is 1.51. The Hall–Kier alpha value is -1.51. The zero-order chi connectivity index (χ0) is 10.9. The Morgan fingerprint density at radius 2 is 2.13 bits per heavy atom. The number of carbonyl (C=O) groups is 1. The molecule has 0 heterocycles. The minimum Gasteiger partial charge on any atom is -0.492 e. The van der Waals surface area contributed by atoms with E-state index in [0.29, 0.717) is 0 Å². The number of benzene rings is 1. The molecule has 0 amide bonds. The Morgan fingerprint density at radius 3 is 2.67 bits per heavy atom. The van der Waals surface area contributed by atoms with Crippen molar-refractivity contribution in [2.75, 3.05) is 6.61 Å². The molecule has 0 aliphatic heterocycles. The van der Waals surface area contributed by atoms with Crippen molar-refractivity contribution in [1.29, 1.82) is 0 Å². The van der Waals surface area contributed by atoms with E-state index >= 15 is 0 Å². The Labute approximate surface area is 88.7 Å². The van der Waals surface area contributed by atoms with Crippen LogP contribution in [-0.2, 0) is 4.79 Å². The van der Waals surface area contributed by atoms with Crippen LogP contribution in [0.1, 0.15) is 18.4 Å². The molecule has 15 heavy (non-hydrogen) atoms. The lowest BCUT2D eigenvalue weighted by molar-refractivity contribution is -0.144. The van der Waals surface area contributed by atoms with Gasteiger partial charge in [-0.25, -0.2) is 0 Å². The average molecular weight is 206 g/mol. The van der Waals surface area contributed by atoms with E-state index in [0.717, 1.165) is 24.2 Å². The second-order valence-corrected chi connectivity index (χ2v) is 4.14. The van der Waals surface area contributed by atoms with E-state index in [9.17, 15) is 4.79 Å². The summed E-state index contributed by atoms with van der Waals surface area (Å²) in [6, 6.07) is 7.65. The Morgan fingerprint density at radius 1 is 1.47 bits per heavy atom. The maximum atomic E-state index is 10.9. The van der Waals surface area contributed by atoms with E-state index in [4.69, 9.17) is 9.84 Å². The molecule has 0 unspecified atom stereocenters. The van der Waals surface area contributed by atoms with Gasteiger partial charge in [0.1, 0.15) is 17.8 Å². The number of aliphatic carboxylic acids is 1. The molecule has 1 aliphatic rings. The topological polar surface area (TPSA) is 46.5 Å². The van der Waals surface area contributed by atoms with Crippen LogP contribution >= 0.6 is 0 Å². The number of para-hydroxylation sites is 1. The molecule has 1 aromatic carbocycles. The minimum absolute atomic E-state index is 0.285. The molecule has 1 aliphatic carbocycles. The standard InChI is InChI=1S/C12H14O3/c1-9-4-2-3-5-10(9)15-8-12(6-7-12)11(13)14/h2-5H,6-8H2,1H3,(H,13,14). The van der Waals surface area contributed by atoms with Crippen LogP contribution in [0.3, 0.4) is 0 Å². The van der Waals surface area contributed by atoms with Gasteiger partial charge in [-0.15, -0.1) is 0 Å². The monoisotopic (exact) mass is 206 g/mol. The van der Waals surface area contributed by atoms with Crippen molar-refractivity contribution in [3.05, 3.63) is 29.8 Å². The van der Waals surface area contributed by atoms with Crippen LogP contribution in [0.4, 0.5) is 0 Å². The third kappa shape index (κ3) is 1.96. The largest absolute Gasteiger partial charge is 0.492 e. The third-order valence-electron chi connectivity index (χ3n) is 2.90. The van der Waals surface area contributed by atoms with Crippen LogP contribution in [0.5, 0.6) is 5.75 Å². The van der Waals surface area contributed by atoms with Crippen LogP contribution in [0.15, 0.2) is 24.3 Å². The fraction of sp³-hybridized carbons (Fsp3) is 0.417. The smallest absolute Gasteiger partial charge is 0.313 e. The van der Waals surface area contributed by atoms with E-state index in [2.05, 4.69) is 0 Å². The lowest BCUT2D eigenvalue weighted by atomic mass is 10.1. The maximum Gasteiger partial charge on any atom is 0.313 e. The highest BCUT2D eigenvalue weighted by Crippen LogP contribution is 2.46. The lowest BCUT2D eigenvalue weighted by Gasteiger charge is -2.13. The molecule has 0 saturated heterocycles. The van der Waals surface area contributed by atoms with E-state index < -0.39 is 11.4 Å². The molecule has 3 heteroatoms. The van der Waals surface area contributed by atoms with Crippen molar-refractivity contribution in [1.82, 2.24) is 0 Å². The lowest BCUT2D eigenvalue weighted by Crippen LogP contribution is -2.23. The molecule has 80 valence electrons. The summed E-state index contributed by atoms with van der Waals surface area (Å²) in [6.45, 7) is 2.24. The Bertz CT molecular complexity index is 380. The molecule has 2 rings (SSSR count). The molecule has 0 bridgehead atoms. The molecule has 0 aromatic heterocycles. The SMILES string of the molecule is Cc1ccccc1OCC1(C(=O)O)CC1. The summed E-state index contributed by atoms with van der Waals surface area (Å²) in [5, 5.41) is 8.97. The minimum atomic E-state index is -0.740. The van der Waals surface area contributed by atoms with E-state index in [1.807, 2.05) is 31.2 Å². The highest BCUT2D eigenvalue weighted by atomic mass is 16.5. The summed E-state index contributed by atoms with van der Waals surface area (Å²) >= 11 is 0. The number of carboxylic acids is 1. The molecular formula is C12H14O3. The highest BCUT2D eigenvalue weighted by Gasteiger charge is 2.51. The summed E-state index contributed by atoms with van der Waals surface area (Å²) < 4.78 is 5.54. The van der Waals surface area contributed by atoms with Gasteiger partial charge in [-0.1, -0.05) is 18.2 Å². The molecular weight excluding hydrogens is 192 g/mol. The molecule has 0 spiro atoms. The summed E-state index contributed by atoms with van der Waals surface area (Å²) in [5.41, 5.74) is 0.432. The van der Waals surface area contributed by atoms with E-state index in [1.54, 1.807) is 0 Å².